The highest BCUT2D eigenvalue weighted by Gasteiger charge is 2.12. The standard InChI is InChI=1S/C13H12FNOS/c1-15(13(16)12-6-3-7-17-12)9-10-4-2-5-11(14)8-10/h2-8H,9H2,1H3. The lowest BCUT2D eigenvalue weighted by molar-refractivity contribution is 0.0789. The Morgan fingerprint density at radius 3 is 2.82 bits per heavy atom. The van der Waals surface area contributed by atoms with Gasteiger partial charge < -0.3 is 4.90 Å². The summed E-state index contributed by atoms with van der Waals surface area (Å²) in [5, 5.41) is 1.86. The van der Waals surface area contributed by atoms with Gasteiger partial charge >= 0.3 is 0 Å². The van der Waals surface area contributed by atoms with Crippen LogP contribution in [0.5, 0.6) is 0 Å². The van der Waals surface area contributed by atoms with Crippen molar-refractivity contribution in [3.05, 3.63) is 58.0 Å². The lowest BCUT2D eigenvalue weighted by Crippen LogP contribution is -2.25. The molecular weight excluding hydrogens is 237 g/mol. The molecule has 88 valence electrons. The van der Waals surface area contributed by atoms with Crippen LogP contribution >= 0.6 is 11.3 Å². The summed E-state index contributed by atoms with van der Waals surface area (Å²) in [6, 6.07) is 9.92. The molecule has 2 rings (SSSR count). The molecule has 0 saturated carbocycles. The van der Waals surface area contributed by atoms with Crippen molar-refractivity contribution in [1.29, 1.82) is 0 Å². The first-order valence-corrected chi connectivity index (χ1v) is 6.08. The first kappa shape index (κ1) is 11.8. The zero-order valence-corrected chi connectivity index (χ0v) is 10.2. The minimum Gasteiger partial charge on any atom is -0.337 e. The van der Waals surface area contributed by atoms with E-state index >= 15 is 0 Å². The van der Waals surface area contributed by atoms with Gasteiger partial charge in [0.05, 0.1) is 4.88 Å². The molecule has 0 saturated heterocycles. The average Bonchev–Trinajstić information content (AvgIpc) is 2.81. The number of benzene rings is 1. The Balaban J connectivity index is 2.07. The van der Waals surface area contributed by atoms with Gasteiger partial charge in [0, 0.05) is 13.6 Å². The highest BCUT2D eigenvalue weighted by atomic mass is 32.1. The molecule has 1 aromatic carbocycles. The summed E-state index contributed by atoms with van der Waals surface area (Å²) in [5.41, 5.74) is 0.789. The van der Waals surface area contributed by atoms with E-state index in [9.17, 15) is 9.18 Å². The maximum absolute atomic E-state index is 13.0. The molecule has 1 amide bonds. The fourth-order valence-corrected chi connectivity index (χ4v) is 2.29. The van der Waals surface area contributed by atoms with Crippen LogP contribution in [0.2, 0.25) is 0 Å². The van der Waals surface area contributed by atoms with Gasteiger partial charge in [-0.25, -0.2) is 4.39 Å². The third kappa shape index (κ3) is 2.91. The topological polar surface area (TPSA) is 20.3 Å². The van der Waals surface area contributed by atoms with Crippen LogP contribution in [0.1, 0.15) is 15.2 Å². The van der Waals surface area contributed by atoms with E-state index in [1.807, 2.05) is 11.4 Å². The number of hydrogen-bond acceptors (Lipinski definition) is 2. The monoisotopic (exact) mass is 249 g/mol. The van der Waals surface area contributed by atoms with E-state index in [1.165, 1.54) is 23.5 Å². The summed E-state index contributed by atoms with van der Waals surface area (Å²) in [6.45, 7) is 0.411. The first-order chi connectivity index (χ1) is 8.16. The highest BCUT2D eigenvalue weighted by Crippen LogP contribution is 2.13. The molecule has 0 N–H and O–H groups in total. The van der Waals surface area contributed by atoms with Crippen LogP contribution < -0.4 is 0 Å². The van der Waals surface area contributed by atoms with Crippen LogP contribution in [0.4, 0.5) is 4.39 Å². The van der Waals surface area contributed by atoms with Crippen LogP contribution in [0.15, 0.2) is 41.8 Å². The van der Waals surface area contributed by atoms with E-state index in [-0.39, 0.29) is 11.7 Å². The molecule has 0 aliphatic rings. The third-order valence-corrected chi connectivity index (χ3v) is 3.25. The minimum absolute atomic E-state index is 0.0377. The number of carbonyl (C=O) groups excluding carboxylic acids is 1. The highest BCUT2D eigenvalue weighted by molar-refractivity contribution is 7.12. The summed E-state index contributed by atoms with van der Waals surface area (Å²) in [6.07, 6.45) is 0. The summed E-state index contributed by atoms with van der Waals surface area (Å²) < 4.78 is 13.0. The second-order valence-corrected chi connectivity index (χ2v) is 4.72. The molecule has 1 aromatic heterocycles. The molecule has 0 bridgehead atoms. The number of hydrogen-bond donors (Lipinski definition) is 0. The molecule has 0 atom stereocenters. The van der Waals surface area contributed by atoms with Crippen molar-refractivity contribution in [2.45, 2.75) is 6.54 Å². The Labute approximate surface area is 103 Å². The molecule has 0 spiro atoms. The number of amides is 1. The molecule has 0 aliphatic carbocycles. The first-order valence-electron chi connectivity index (χ1n) is 5.20. The predicted molar refractivity (Wildman–Crippen MR) is 66.5 cm³/mol. The number of halogens is 1. The van der Waals surface area contributed by atoms with E-state index < -0.39 is 0 Å². The zero-order valence-electron chi connectivity index (χ0n) is 9.39. The van der Waals surface area contributed by atoms with Crippen molar-refractivity contribution in [3.8, 4) is 0 Å². The number of nitrogens with zero attached hydrogens (tertiary/aromatic N) is 1. The summed E-state index contributed by atoms with van der Waals surface area (Å²) in [5.74, 6) is -0.316. The Hall–Kier alpha value is -1.68. The molecule has 0 fully saturated rings. The van der Waals surface area contributed by atoms with E-state index in [0.717, 1.165) is 5.56 Å². The maximum atomic E-state index is 13.0. The average molecular weight is 249 g/mol. The lowest BCUT2D eigenvalue weighted by Gasteiger charge is -2.16. The number of rotatable bonds is 3. The van der Waals surface area contributed by atoms with Crippen molar-refractivity contribution < 1.29 is 9.18 Å². The summed E-state index contributed by atoms with van der Waals surface area (Å²) in [7, 11) is 1.72. The van der Waals surface area contributed by atoms with Crippen LogP contribution in [-0.4, -0.2) is 17.9 Å². The molecule has 0 aliphatic heterocycles. The van der Waals surface area contributed by atoms with Gasteiger partial charge in [0.25, 0.3) is 5.91 Å². The molecule has 2 nitrogen and oxygen atoms in total. The van der Waals surface area contributed by atoms with Crippen molar-refractivity contribution in [3.63, 3.8) is 0 Å². The van der Waals surface area contributed by atoms with E-state index in [1.54, 1.807) is 30.1 Å². The Bertz CT molecular complexity index is 510. The smallest absolute Gasteiger partial charge is 0.263 e. The molecule has 0 unspecified atom stereocenters. The van der Waals surface area contributed by atoms with Crippen molar-refractivity contribution >= 4 is 17.2 Å². The maximum Gasteiger partial charge on any atom is 0.263 e. The Kier molecular flexibility index (Phi) is 3.54. The Morgan fingerprint density at radius 1 is 1.35 bits per heavy atom. The number of carbonyl (C=O) groups is 1. The Morgan fingerprint density at radius 2 is 2.18 bits per heavy atom. The van der Waals surface area contributed by atoms with Crippen molar-refractivity contribution in [2.75, 3.05) is 7.05 Å². The van der Waals surface area contributed by atoms with Crippen LogP contribution in [0.25, 0.3) is 0 Å². The quantitative estimate of drug-likeness (QED) is 0.818. The third-order valence-electron chi connectivity index (χ3n) is 2.39. The van der Waals surface area contributed by atoms with Gasteiger partial charge in [-0.15, -0.1) is 11.3 Å². The SMILES string of the molecule is CN(Cc1cccc(F)c1)C(=O)c1cccs1. The summed E-state index contributed by atoms with van der Waals surface area (Å²) >= 11 is 1.41. The number of thiophene rings is 1. The van der Waals surface area contributed by atoms with Crippen LogP contribution in [0, 0.1) is 5.82 Å². The van der Waals surface area contributed by atoms with Gasteiger partial charge in [-0.2, -0.15) is 0 Å². The molecule has 0 radical (unpaired) electrons. The molecule has 4 heteroatoms. The van der Waals surface area contributed by atoms with Gasteiger partial charge in [-0.05, 0) is 29.1 Å². The van der Waals surface area contributed by atoms with E-state index in [4.69, 9.17) is 0 Å². The van der Waals surface area contributed by atoms with Crippen LogP contribution in [-0.2, 0) is 6.54 Å². The lowest BCUT2D eigenvalue weighted by atomic mass is 10.2. The van der Waals surface area contributed by atoms with Gasteiger partial charge in [0.1, 0.15) is 5.82 Å². The molecular formula is C13H12FNOS. The fourth-order valence-electron chi connectivity index (χ4n) is 1.57. The molecule has 2 aromatic rings. The second kappa shape index (κ2) is 5.10. The predicted octanol–water partition coefficient (Wildman–Crippen LogP) is 3.16. The molecule has 17 heavy (non-hydrogen) atoms. The van der Waals surface area contributed by atoms with Gasteiger partial charge in [-0.1, -0.05) is 18.2 Å². The molecule has 1 heterocycles. The minimum atomic E-state index is -0.278. The van der Waals surface area contributed by atoms with Crippen LogP contribution in [0.3, 0.4) is 0 Å². The van der Waals surface area contributed by atoms with Gasteiger partial charge in [0.15, 0.2) is 0 Å². The van der Waals surface area contributed by atoms with Gasteiger partial charge in [-0.3, -0.25) is 4.79 Å². The fraction of sp³-hybridized carbons (Fsp3) is 0.154. The van der Waals surface area contributed by atoms with Gasteiger partial charge in [0.2, 0.25) is 0 Å². The zero-order chi connectivity index (χ0) is 12.3. The van der Waals surface area contributed by atoms with E-state index in [2.05, 4.69) is 0 Å². The largest absolute Gasteiger partial charge is 0.337 e. The van der Waals surface area contributed by atoms with Crippen molar-refractivity contribution in [2.24, 2.45) is 0 Å². The summed E-state index contributed by atoms with van der Waals surface area (Å²) in [4.78, 5) is 14.2. The normalized spacial score (nSPS) is 10.2. The van der Waals surface area contributed by atoms with Crippen molar-refractivity contribution in [1.82, 2.24) is 4.90 Å². The van der Waals surface area contributed by atoms with E-state index in [0.29, 0.717) is 11.4 Å². The second-order valence-electron chi connectivity index (χ2n) is 3.77.